The first-order valence-electron chi connectivity index (χ1n) is 30.5. The number of fused-ring (bicyclic) bond motifs is 2. The minimum atomic E-state index is -2.77. The zero-order valence-electron chi connectivity index (χ0n) is 52.4. The Morgan fingerprint density at radius 3 is 1.57 bits per heavy atom. The SMILES string of the molecule is C=C(CC[C@@]12O[C@H](C(=O)OC(C)(C)C)[C@@](OCCCCCCCCCCCC)(C(=O)OC(C)(C)C)[C@@](C(=O)OC(C)(C)C)(O1)[C@H](OCCCCCCCCCCCC)[C@H]2OC(C)(C)OC)C(OC(C)=O)C(C)Cc1ccccc1. The lowest BCUT2D eigenvalue weighted by Crippen LogP contribution is -2.80. The van der Waals surface area contributed by atoms with Crippen LogP contribution in [0.1, 0.15) is 251 Å². The molecule has 1 aromatic rings. The summed E-state index contributed by atoms with van der Waals surface area (Å²) in [6, 6.07) is 9.90. The molecule has 2 aliphatic rings. The first-order chi connectivity index (χ1) is 37.0. The Morgan fingerprint density at radius 2 is 1.10 bits per heavy atom. The quantitative estimate of drug-likeness (QED) is 0.0202. The molecular weight excluding hydrogens is 1000 g/mol. The molecular formula is C65H110O14. The van der Waals surface area contributed by atoms with Crippen LogP contribution in [0, 0.1) is 5.92 Å². The first-order valence-corrected chi connectivity index (χ1v) is 30.5. The molecule has 2 saturated heterocycles. The number of methoxy groups -OCH3 is 1. The Bertz CT molecular complexity index is 1980. The topological polar surface area (TPSA) is 161 Å². The molecule has 3 rings (SSSR count). The average molecular weight is 1120 g/mol. The van der Waals surface area contributed by atoms with Crippen LogP contribution in [0.3, 0.4) is 0 Å². The van der Waals surface area contributed by atoms with Crippen molar-refractivity contribution in [2.45, 2.75) is 316 Å². The number of carbonyl (C=O) groups is 4. The van der Waals surface area contributed by atoms with Crippen LogP contribution in [0.5, 0.6) is 0 Å². The van der Waals surface area contributed by atoms with E-state index in [9.17, 15) is 4.79 Å². The lowest BCUT2D eigenvalue weighted by molar-refractivity contribution is -0.393. The lowest BCUT2D eigenvalue weighted by atomic mass is 9.73. The van der Waals surface area contributed by atoms with Gasteiger partial charge in [-0.25, -0.2) is 14.4 Å². The standard InChI is InChI=1S/C65H110O14/c1-18-20-22-24-26-28-30-32-34-39-45-71-54-53(74-62(15,16)70-17)63(44-43-48(3)52(73-50(5)66)49(4)47-51-41-37-36-38-42-51)75-55(56(67)76-59(6,7)8)64(57(68)77-60(9,10)11,65(54,79-63)58(69)78-61(12,13)14)72-46-40-35-33-31-29-27-25-23-21-19-2/h36-38,41-42,49,52-55H,3,18-35,39-40,43-47H2,1-2,4-17H3/t49?,52?,53-,54-,55-,63-,64-,65-/m1/s1. The van der Waals surface area contributed by atoms with Crippen molar-refractivity contribution >= 4 is 23.9 Å². The zero-order valence-corrected chi connectivity index (χ0v) is 52.4. The van der Waals surface area contributed by atoms with Gasteiger partial charge in [-0.2, -0.15) is 0 Å². The van der Waals surface area contributed by atoms with E-state index in [1.807, 2.05) is 37.3 Å². The lowest BCUT2D eigenvalue weighted by Gasteiger charge is -2.53. The third kappa shape index (κ3) is 21.7. The molecule has 0 aromatic heterocycles. The minimum Gasteiger partial charge on any atom is -0.458 e. The average Bonchev–Trinajstić information content (AvgIpc) is 3.87. The Labute approximate surface area is 478 Å². The molecule has 2 aliphatic heterocycles. The molecule has 2 fully saturated rings. The highest BCUT2D eigenvalue weighted by Crippen LogP contribution is 2.60. The van der Waals surface area contributed by atoms with Crippen LogP contribution in [0.15, 0.2) is 42.5 Å². The van der Waals surface area contributed by atoms with Gasteiger partial charge in [0.15, 0.2) is 5.79 Å². The highest BCUT2D eigenvalue weighted by Gasteiger charge is 2.87. The van der Waals surface area contributed by atoms with Gasteiger partial charge in [-0.1, -0.05) is 173 Å². The van der Waals surface area contributed by atoms with Crippen LogP contribution in [0.2, 0.25) is 0 Å². The largest absolute Gasteiger partial charge is 0.458 e. The van der Waals surface area contributed by atoms with Crippen molar-refractivity contribution in [1.29, 1.82) is 0 Å². The van der Waals surface area contributed by atoms with E-state index in [4.69, 9.17) is 47.4 Å². The number of carbonyl (C=O) groups excluding carboxylic acids is 4. The van der Waals surface area contributed by atoms with Gasteiger partial charge in [0.25, 0.3) is 0 Å². The first kappa shape index (κ1) is 69.9. The van der Waals surface area contributed by atoms with Gasteiger partial charge in [-0.05, 0) is 113 Å². The Kier molecular flexibility index (Phi) is 28.7. The minimum absolute atomic E-state index is 0.0554. The van der Waals surface area contributed by atoms with Crippen LogP contribution in [-0.4, -0.2) is 108 Å². The normalized spacial score (nSPS) is 23.2. The van der Waals surface area contributed by atoms with Crippen LogP contribution < -0.4 is 0 Å². The van der Waals surface area contributed by atoms with E-state index in [1.165, 1.54) is 78.2 Å². The van der Waals surface area contributed by atoms with Gasteiger partial charge in [0.1, 0.15) is 35.1 Å². The van der Waals surface area contributed by atoms with Crippen LogP contribution in [-0.2, 0) is 73.0 Å². The molecule has 0 radical (unpaired) electrons. The van der Waals surface area contributed by atoms with Crippen LogP contribution in [0.25, 0.3) is 0 Å². The summed E-state index contributed by atoms with van der Waals surface area (Å²) >= 11 is 0. The molecule has 454 valence electrons. The number of hydrogen-bond donors (Lipinski definition) is 0. The summed E-state index contributed by atoms with van der Waals surface area (Å²) in [4.78, 5) is 60.6. The summed E-state index contributed by atoms with van der Waals surface area (Å²) in [7, 11) is 1.49. The maximum absolute atomic E-state index is 16.2. The van der Waals surface area contributed by atoms with Gasteiger partial charge in [-0.15, -0.1) is 0 Å². The molecule has 2 unspecified atom stereocenters. The third-order valence-electron chi connectivity index (χ3n) is 14.6. The maximum atomic E-state index is 16.2. The van der Waals surface area contributed by atoms with E-state index in [2.05, 4.69) is 20.4 Å². The summed E-state index contributed by atoms with van der Waals surface area (Å²) in [5.41, 5.74) is -7.38. The fraction of sp³-hybridized carbons (Fsp3) is 0.815. The summed E-state index contributed by atoms with van der Waals surface area (Å²) in [6.45, 7) is 31.0. The van der Waals surface area contributed by atoms with Gasteiger partial charge in [-0.3, -0.25) is 4.79 Å². The van der Waals surface area contributed by atoms with Crippen molar-refractivity contribution in [1.82, 2.24) is 0 Å². The van der Waals surface area contributed by atoms with E-state index in [1.54, 1.807) is 76.2 Å². The van der Waals surface area contributed by atoms with Gasteiger partial charge >= 0.3 is 23.9 Å². The van der Waals surface area contributed by atoms with E-state index < -0.39 is 87.9 Å². The van der Waals surface area contributed by atoms with E-state index in [0.29, 0.717) is 24.8 Å². The summed E-state index contributed by atoms with van der Waals surface area (Å²) < 4.78 is 67.0. The molecule has 0 saturated carbocycles. The highest BCUT2D eigenvalue weighted by molar-refractivity contribution is 6.00. The second-order valence-electron chi connectivity index (χ2n) is 25.9. The third-order valence-corrected chi connectivity index (χ3v) is 14.6. The molecule has 8 atom stereocenters. The molecule has 0 spiro atoms. The number of esters is 4. The fourth-order valence-electron chi connectivity index (χ4n) is 10.7. The van der Waals surface area contributed by atoms with Crippen molar-refractivity contribution in [3.63, 3.8) is 0 Å². The molecule has 0 amide bonds. The zero-order chi connectivity index (χ0) is 59.1. The summed E-state index contributed by atoms with van der Waals surface area (Å²) in [5.74, 6) is -7.42. The van der Waals surface area contributed by atoms with Gasteiger partial charge < -0.3 is 47.4 Å². The van der Waals surface area contributed by atoms with Gasteiger partial charge in [0.2, 0.25) is 23.1 Å². The van der Waals surface area contributed by atoms with E-state index >= 15 is 14.4 Å². The Hall–Kier alpha value is -3.40. The number of benzene rings is 1. The summed E-state index contributed by atoms with van der Waals surface area (Å²) in [5, 5.41) is 0. The second-order valence-corrected chi connectivity index (χ2v) is 25.9. The van der Waals surface area contributed by atoms with Crippen LogP contribution in [0.4, 0.5) is 0 Å². The predicted octanol–water partition coefficient (Wildman–Crippen LogP) is 14.8. The van der Waals surface area contributed by atoms with Crippen molar-refractivity contribution in [2.75, 3.05) is 20.3 Å². The smallest absolute Gasteiger partial charge is 0.346 e. The van der Waals surface area contributed by atoms with Gasteiger partial charge in [0.05, 0.1) is 0 Å². The molecule has 79 heavy (non-hydrogen) atoms. The van der Waals surface area contributed by atoms with E-state index in [0.717, 1.165) is 56.9 Å². The highest BCUT2D eigenvalue weighted by atomic mass is 16.8. The maximum Gasteiger partial charge on any atom is 0.346 e. The number of rotatable bonds is 38. The summed E-state index contributed by atoms with van der Waals surface area (Å²) in [6.07, 6.45) is 15.6. The monoisotopic (exact) mass is 1110 g/mol. The van der Waals surface area contributed by atoms with Crippen molar-refractivity contribution in [3.8, 4) is 0 Å². The predicted molar refractivity (Wildman–Crippen MR) is 310 cm³/mol. The van der Waals surface area contributed by atoms with Crippen molar-refractivity contribution in [3.05, 3.63) is 48.0 Å². The van der Waals surface area contributed by atoms with E-state index in [-0.39, 0.29) is 32.0 Å². The van der Waals surface area contributed by atoms with Crippen molar-refractivity contribution in [2.24, 2.45) is 5.92 Å². The fourth-order valence-corrected chi connectivity index (χ4v) is 10.7. The molecule has 1 aromatic carbocycles. The molecule has 2 heterocycles. The number of hydrogen-bond acceptors (Lipinski definition) is 14. The Balaban J connectivity index is 2.39. The second kappa shape index (κ2) is 32.4. The molecule has 0 aliphatic carbocycles. The van der Waals surface area contributed by atoms with Gasteiger partial charge in [0, 0.05) is 39.6 Å². The molecule has 14 nitrogen and oxygen atoms in total. The number of unbranched alkanes of at least 4 members (excludes halogenated alkanes) is 18. The Morgan fingerprint density at radius 1 is 0.633 bits per heavy atom. The molecule has 14 heteroatoms. The van der Waals surface area contributed by atoms with Crippen molar-refractivity contribution < 1.29 is 66.5 Å². The number of ether oxygens (including phenoxy) is 10. The van der Waals surface area contributed by atoms with Crippen LogP contribution >= 0.6 is 0 Å². The molecule has 2 bridgehead atoms. The molecule has 0 N–H and O–H groups in total.